The lowest BCUT2D eigenvalue weighted by molar-refractivity contribution is 0.340. The van der Waals surface area contributed by atoms with Crippen LogP contribution in [0.5, 0.6) is 5.75 Å². The molecule has 1 fully saturated rings. The quantitative estimate of drug-likeness (QED) is 0.665. The predicted octanol–water partition coefficient (Wildman–Crippen LogP) is 0.290. The van der Waals surface area contributed by atoms with Gasteiger partial charge >= 0.3 is 5.69 Å². The Labute approximate surface area is 168 Å². The average molecular weight is 398 g/mol. The van der Waals surface area contributed by atoms with E-state index in [9.17, 15) is 9.59 Å². The number of fused-ring (bicyclic) bond motifs is 1. The molecule has 1 saturated heterocycles. The van der Waals surface area contributed by atoms with E-state index in [1.54, 1.807) is 7.05 Å². The first kappa shape index (κ1) is 19.3. The van der Waals surface area contributed by atoms with Crippen molar-refractivity contribution in [2.75, 3.05) is 37.7 Å². The monoisotopic (exact) mass is 398 g/mol. The maximum absolute atomic E-state index is 13.0. The van der Waals surface area contributed by atoms with E-state index in [-0.39, 0.29) is 11.2 Å². The van der Waals surface area contributed by atoms with Crippen molar-refractivity contribution in [3.8, 4) is 5.75 Å². The third-order valence-corrected chi connectivity index (χ3v) is 5.30. The number of benzene rings is 1. The summed E-state index contributed by atoms with van der Waals surface area (Å²) in [5.41, 5.74) is 1.18. The van der Waals surface area contributed by atoms with Gasteiger partial charge in [-0.05, 0) is 24.6 Å². The molecule has 1 aliphatic rings. The molecule has 4 rings (SSSR count). The number of aromatic nitrogens is 4. The van der Waals surface area contributed by atoms with Crippen molar-refractivity contribution in [2.24, 2.45) is 14.1 Å². The van der Waals surface area contributed by atoms with Crippen LogP contribution in [0.1, 0.15) is 12.5 Å². The highest BCUT2D eigenvalue weighted by Gasteiger charge is 2.23. The highest BCUT2D eigenvalue weighted by atomic mass is 16.5. The molecule has 1 N–H and O–H groups in total. The van der Waals surface area contributed by atoms with Crippen LogP contribution in [0.2, 0.25) is 0 Å². The highest BCUT2D eigenvalue weighted by Crippen LogP contribution is 2.22. The molecule has 3 heterocycles. The van der Waals surface area contributed by atoms with Crippen molar-refractivity contribution >= 4 is 17.1 Å². The summed E-state index contributed by atoms with van der Waals surface area (Å²) < 4.78 is 10.0. The summed E-state index contributed by atoms with van der Waals surface area (Å²) >= 11 is 0. The van der Waals surface area contributed by atoms with Crippen molar-refractivity contribution in [3.63, 3.8) is 0 Å². The van der Waals surface area contributed by atoms with Gasteiger partial charge in [-0.1, -0.05) is 12.1 Å². The SMILES string of the molecule is CCOc1ccc(Cn2c(N3CCNCC3)nc3c2c(=O)n(C)c(=O)n3C)cc1. The van der Waals surface area contributed by atoms with E-state index in [0.717, 1.165) is 42.1 Å². The molecule has 9 heteroatoms. The van der Waals surface area contributed by atoms with E-state index >= 15 is 0 Å². The van der Waals surface area contributed by atoms with Crippen LogP contribution < -0.4 is 26.2 Å². The largest absolute Gasteiger partial charge is 0.494 e. The molecule has 9 nitrogen and oxygen atoms in total. The predicted molar refractivity (Wildman–Crippen MR) is 112 cm³/mol. The molecule has 3 aromatic rings. The summed E-state index contributed by atoms with van der Waals surface area (Å²) in [6.07, 6.45) is 0. The van der Waals surface area contributed by atoms with Crippen LogP contribution in [0.25, 0.3) is 11.2 Å². The van der Waals surface area contributed by atoms with Gasteiger partial charge in [-0.2, -0.15) is 4.98 Å². The number of imidazole rings is 1. The zero-order chi connectivity index (χ0) is 20.5. The Morgan fingerprint density at radius 1 is 1.07 bits per heavy atom. The van der Waals surface area contributed by atoms with Crippen molar-refractivity contribution in [1.82, 2.24) is 24.0 Å². The summed E-state index contributed by atoms with van der Waals surface area (Å²) in [6, 6.07) is 7.84. The van der Waals surface area contributed by atoms with Crippen molar-refractivity contribution in [1.29, 1.82) is 0 Å². The molecule has 154 valence electrons. The Hall–Kier alpha value is -3.07. The number of rotatable bonds is 5. The summed E-state index contributed by atoms with van der Waals surface area (Å²) in [4.78, 5) is 32.3. The minimum Gasteiger partial charge on any atom is -0.494 e. The maximum Gasteiger partial charge on any atom is 0.332 e. The molecular weight excluding hydrogens is 372 g/mol. The summed E-state index contributed by atoms with van der Waals surface area (Å²) in [5, 5.41) is 3.33. The fourth-order valence-corrected chi connectivity index (χ4v) is 3.73. The lowest BCUT2D eigenvalue weighted by Crippen LogP contribution is -2.44. The van der Waals surface area contributed by atoms with Crippen LogP contribution in [0.15, 0.2) is 33.9 Å². The molecule has 0 atom stereocenters. The zero-order valence-corrected chi connectivity index (χ0v) is 17.0. The standard InChI is InChI=1S/C20H26N6O3/c1-4-29-15-7-5-14(6-8-15)13-26-16-17(23(2)20(28)24(3)18(16)27)22-19(26)25-11-9-21-10-12-25/h5-8,21H,4,9-13H2,1-3H3. The molecule has 0 aliphatic carbocycles. The van der Waals surface area contributed by atoms with Gasteiger partial charge in [0.15, 0.2) is 11.2 Å². The van der Waals surface area contributed by atoms with Gasteiger partial charge in [0.25, 0.3) is 5.56 Å². The molecule has 2 aromatic heterocycles. The molecule has 29 heavy (non-hydrogen) atoms. The van der Waals surface area contributed by atoms with Crippen LogP contribution in [0.3, 0.4) is 0 Å². The first-order chi connectivity index (χ1) is 14.0. The van der Waals surface area contributed by atoms with Crippen molar-refractivity contribution < 1.29 is 4.74 Å². The number of nitrogens with one attached hydrogen (secondary N) is 1. The first-order valence-corrected chi connectivity index (χ1v) is 9.85. The van der Waals surface area contributed by atoms with Gasteiger partial charge in [0.05, 0.1) is 13.2 Å². The Kier molecular flexibility index (Phi) is 5.14. The zero-order valence-electron chi connectivity index (χ0n) is 17.0. The van der Waals surface area contributed by atoms with Gasteiger partial charge < -0.3 is 15.0 Å². The Morgan fingerprint density at radius 3 is 2.41 bits per heavy atom. The number of hydrogen-bond donors (Lipinski definition) is 1. The molecule has 0 radical (unpaired) electrons. The van der Waals surface area contributed by atoms with Gasteiger partial charge in [0.1, 0.15) is 5.75 Å². The lowest BCUT2D eigenvalue weighted by atomic mass is 10.2. The van der Waals surface area contributed by atoms with Crippen LogP contribution in [-0.2, 0) is 20.6 Å². The summed E-state index contributed by atoms with van der Waals surface area (Å²) in [5.74, 6) is 1.53. The van der Waals surface area contributed by atoms with E-state index in [1.165, 1.54) is 11.6 Å². The van der Waals surface area contributed by atoms with E-state index in [0.29, 0.717) is 30.3 Å². The molecular formula is C20H26N6O3. The summed E-state index contributed by atoms with van der Waals surface area (Å²) in [6.45, 7) is 6.33. The topological polar surface area (TPSA) is 86.3 Å². The second-order valence-electron chi connectivity index (χ2n) is 7.19. The van der Waals surface area contributed by atoms with E-state index < -0.39 is 0 Å². The minimum absolute atomic E-state index is 0.331. The van der Waals surface area contributed by atoms with Crippen molar-refractivity contribution in [3.05, 3.63) is 50.7 Å². The molecule has 0 amide bonds. The van der Waals surface area contributed by atoms with Crippen LogP contribution in [-0.4, -0.2) is 51.5 Å². The van der Waals surface area contributed by atoms with Gasteiger partial charge in [-0.25, -0.2) is 4.79 Å². The Balaban J connectivity index is 1.87. The molecule has 0 saturated carbocycles. The number of piperazine rings is 1. The molecule has 1 aliphatic heterocycles. The van der Waals surface area contributed by atoms with Gasteiger partial charge in [-0.3, -0.25) is 18.5 Å². The summed E-state index contributed by atoms with van der Waals surface area (Å²) in [7, 11) is 3.16. The van der Waals surface area contributed by atoms with Crippen molar-refractivity contribution in [2.45, 2.75) is 13.5 Å². The fourth-order valence-electron chi connectivity index (χ4n) is 3.73. The third-order valence-electron chi connectivity index (χ3n) is 5.30. The smallest absolute Gasteiger partial charge is 0.332 e. The van der Waals surface area contributed by atoms with Crippen LogP contribution in [0.4, 0.5) is 5.95 Å². The maximum atomic E-state index is 13.0. The highest BCUT2D eigenvalue weighted by molar-refractivity contribution is 5.74. The van der Waals surface area contributed by atoms with E-state index in [2.05, 4.69) is 10.2 Å². The van der Waals surface area contributed by atoms with Gasteiger partial charge in [-0.15, -0.1) is 0 Å². The number of aryl methyl sites for hydroxylation is 1. The lowest BCUT2D eigenvalue weighted by Gasteiger charge is -2.28. The average Bonchev–Trinajstić information content (AvgIpc) is 3.12. The number of ether oxygens (including phenoxy) is 1. The molecule has 0 spiro atoms. The fraction of sp³-hybridized carbons (Fsp3) is 0.450. The number of anilines is 1. The first-order valence-electron chi connectivity index (χ1n) is 9.85. The molecule has 1 aromatic carbocycles. The van der Waals surface area contributed by atoms with Crippen LogP contribution in [0, 0.1) is 0 Å². The normalized spacial score (nSPS) is 14.5. The van der Waals surface area contributed by atoms with Crippen LogP contribution >= 0.6 is 0 Å². The van der Waals surface area contributed by atoms with Gasteiger partial charge in [0.2, 0.25) is 5.95 Å². The second-order valence-corrected chi connectivity index (χ2v) is 7.19. The van der Waals surface area contributed by atoms with E-state index in [1.807, 2.05) is 35.8 Å². The Bertz CT molecular complexity index is 1140. The molecule has 0 bridgehead atoms. The number of nitrogens with zero attached hydrogens (tertiary/aromatic N) is 5. The third kappa shape index (κ3) is 3.42. The Morgan fingerprint density at radius 2 is 1.76 bits per heavy atom. The van der Waals surface area contributed by atoms with Gasteiger partial charge in [0, 0.05) is 40.3 Å². The number of hydrogen-bond acceptors (Lipinski definition) is 6. The minimum atomic E-state index is -0.375. The van der Waals surface area contributed by atoms with E-state index in [4.69, 9.17) is 9.72 Å². The second kappa shape index (κ2) is 7.75. The molecule has 0 unspecified atom stereocenters.